The molecule has 0 spiro atoms. The molecule has 1 aliphatic heterocycles. The summed E-state index contributed by atoms with van der Waals surface area (Å²) < 4.78 is 0. The molecule has 3 heteroatoms. The van der Waals surface area contributed by atoms with Crippen LogP contribution in [0, 0.1) is 5.92 Å². The zero-order valence-corrected chi connectivity index (χ0v) is 14.0. The summed E-state index contributed by atoms with van der Waals surface area (Å²) in [6.07, 6.45) is 1.15. The van der Waals surface area contributed by atoms with E-state index in [0.29, 0.717) is 18.0 Å². The lowest BCUT2D eigenvalue weighted by atomic mass is 9.93. The number of likely N-dealkylation sites (tertiary alicyclic amines) is 1. The van der Waals surface area contributed by atoms with Crippen LogP contribution in [-0.2, 0) is 0 Å². The molecule has 1 aromatic carbocycles. The number of likely N-dealkylation sites (N-methyl/N-ethyl adjacent to an activating group) is 1. The number of rotatable bonds is 6. The van der Waals surface area contributed by atoms with E-state index < -0.39 is 0 Å². The van der Waals surface area contributed by atoms with Gasteiger partial charge in [-0.15, -0.1) is 0 Å². The standard InChI is InChI=1S/C18H31N3/c1-14(16-8-6-5-7-9-16)10-17(11-19)21-12-15(2)18(13-21)20(3)4/h5-9,14-15,17-18H,10-13,19H2,1-4H3. The normalized spacial score (nSPS) is 26.2. The van der Waals surface area contributed by atoms with E-state index in [1.54, 1.807) is 0 Å². The quantitative estimate of drug-likeness (QED) is 0.873. The van der Waals surface area contributed by atoms with Gasteiger partial charge in [0, 0.05) is 31.7 Å². The molecule has 1 fully saturated rings. The largest absolute Gasteiger partial charge is 0.329 e. The van der Waals surface area contributed by atoms with Crippen molar-refractivity contribution in [2.75, 3.05) is 33.7 Å². The van der Waals surface area contributed by atoms with E-state index in [4.69, 9.17) is 5.73 Å². The Kier molecular flexibility index (Phi) is 5.80. The Labute approximate surface area is 130 Å². The van der Waals surface area contributed by atoms with Crippen molar-refractivity contribution in [2.45, 2.75) is 38.3 Å². The molecule has 3 nitrogen and oxygen atoms in total. The Bertz CT molecular complexity index is 418. The summed E-state index contributed by atoms with van der Waals surface area (Å²) in [6, 6.07) is 12.0. The van der Waals surface area contributed by atoms with Crippen molar-refractivity contribution in [1.82, 2.24) is 9.80 Å². The monoisotopic (exact) mass is 289 g/mol. The fraction of sp³-hybridized carbons (Fsp3) is 0.667. The van der Waals surface area contributed by atoms with E-state index in [0.717, 1.165) is 25.4 Å². The third-order valence-electron chi connectivity index (χ3n) is 5.05. The van der Waals surface area contributed by atoms with E-state index in [9.17, 15) is 0 Å². The van der Waals surface area contributed by atoms with E-state index in [-0.39, 0.29) is 0 Å². The van der Waals surface area contributed by atoms with Crippen molar-refractivity contribution in [3.8, 4) is 0 Å². The summed E-state index contributed by atoms with van der Waals surface area (Å²) in [6.45, 7) is 7.76. The van der Waals surface area contributed by atoms with E-state index in [2.05, 4.69) is 68.1 Å². The Morgan fingerprint density at radius 2 is 1.90 bits per heavy atom. The van der Waals surface area contributed by atoms with Crippen LogP contribution in [0.25, 0.3) is 0 Å². The SMILES string of the molecule is CC(CC(CN)N1CC(C)C(N(C)C)C1)c1ccccc1. The molecule has 1 aliphatic rings. The molecule has 2 N–H and O–H groups in total. The minimum absolute atomic E-state index is 0.493. The van der Waals surface area contributed by atoms with Crippen LogP contribution in [0.5, 0.6) is 0 Å². The summed E-state index contributed by atoms with van der Waals surface area (Å²) in [5.74, 6) is 1.29. The lowest BCUT2D eigenvalue weighted by Gasteiger charge is -2.30. The van der Waals surface area contributed by atoms with Gasteiger partial charge in [0.2, 0.25) is 0 Å². The first-order chi connectivity index (χ1) is 10.0. The average molecular weight is 289 g/mol. The van der Waals surface area contributed by atoms with Gasteiger partial charge in [0.15, 0.2) is 0 Å². The summed E-state index contributed by atoms with van der Waals surface area (Å²) in [5, 5.41) is 0. The second-order valence-electron chi connectivity index (χ2n) is 6.90. The van der Waals surface area contributed by atoms with Crippen LogP contribution in [-0.4, -0.2) is 55.6 Å². The van der Waals surface area contributed by atoms with Crippen LogP contribution in [0.2, 0.25) is 0 Å². The molecule has 118 valence electrons. The highest BCUT2D eigenvalue weighted by molar-refractivity contribution is 5.19. The lowest BCUT2D eigenvalue weighted by molar-refractivity contribution is 0.204. The highest BCUT2D eigenvalue weighted by atomic mass is 15.3. The maximum absolute atomic E-state index is 6.09. The molecule has 1 heterocycles. The van der Waals surface area contributed by atoms with Gasteiger partial charge in [-0.3, -0.25) is 4.90 Å². The van der Waals surface area contributed by atoms with E-state index in [1.165, 1.54) is 12.1 Å². The van der Waals surface area contributed by atoms with Crippen LogP contribution in [0.3, 0.4) is 0 Å². The average Bonchev–Trinajstić information content (AvgIpc) is 2.87. The number of benzene rings is 1. The zero-order valence-electron chi connectivity index (χ0n) is 14.0. The van der Waals surface area contributed by atoms with Gasteiger partial charge >= 0.3 is 0 Å². The molecule has 0 saturated carbocycles. The first kappa shape index (κ1) is 16.5. The maximum Gasteiger partial charge on any atom is 0.0254 e. The van der Waals surface area contributed by atoms with Crippen molar-refractivity contribution < 1.29 is 0 Å². The van der Waals surface area contributed by atoms with Gasteiger partial charge in [-0.05, 0) is 37.9 Å². The molecule has 2 rings (SSSR count). The van der Waals surface area contributed by atoms with E-state index >= 15 is 0 Å². The van der Waals surface area contributed by atoms with Crippen LogP contribution in [0.4, 0.5) is 0 Å². The predicted molar refractivity (Wildman–Crippen MR) is 90.5 cm³/mol. The fourth-order valence-corrected chi connectivity index (χ4v) is 3.68. The van der Waals surface area contributed by atoms with E-state index in [1.807, 2.05) is 0 Å². The Morgan fingerprint density at radius 1 is 1.24 bits per heavy atom. The van der Waals surface area contributed by atoms with Crippen molar-refractivity contribution in [1.29, 1.82) is 0 Å². The van der Waals surface area contributed by atoms with Gasteiger partial charge < -0.3 is 10.6 Å². The molecular weight excluding hydrogens is 258 g/mol. The summed E-state index contributed by atoms with van der Waals surface area (Å²) in [7, 11) is 4.38. The molecule has 4 atom stereocenters. The maximum atomic E-state index is 6.09. The van der Waals surface area contributed by atoms with Gasteiger partial charge in [-0.1, -0.05) is 44.2 Å². The molecule has 0 aliphatic carbocycles. The molecular formula is C18H31N3. The second-order valence-corrected chi connectivity index (χ2v) is 6.90. The molecule has 0 bridgehead atoms. The Morgan fingerprint density at radius 3 is 2.43 bits per heavy atom. The molecule has 0 aromatic heterocycles. The van der Waals surface area contributed by atoms with Gasteiger partial charge in [0.1, 0.15) is 0 Å². The third kappa shape index (κ3) is 4.06. The summed E-state index contributed by atoms with van der Waals surface area (Å²) in [4.78, 5) is 4.97. The minimum atomic E-state index is 0.493. The fourth-order valence-electron chi connectivity index (χ4n) is 3.68. The van der Waals surface area contributed by atoms with Crippen LogP contribution >= 0.6 is 0 Å². The van der Waals surface area contributed by atoms with Crippen LogP contribution < -0.4 is 5.73 Å². The second kappa shape index (κ2) is 7.39. The molecule has 1 aromatic rings. The van der Waals surface area contributed by atoms with Crippen molar-refractivity contribution >= 4 is 0 Å². The zero-order chi connectivity index (χ0) is 15.4. The smallest absolute Gasteiger partial charge is 0.0254 e. The highest BCUT2D eigenvalue weighted by Gasteiger charge is 2.34. The first-order valence-corrected chi connectivity index (χ1v) is 8.18. The molecule has 0 amide bonds. The molecule has 4 unspecified atom stereocenters. The Balaban J connectivity index is 1.98. The molecule has 21 heavy (non-hydrogen) atoms. The predicted octanol–water partition coefficient (Wildman–Crippen LogP) is 2.39. The number of hydrogen-bond donors (Lipinski definition) is 1. The molecule has 0 radical (unpaired) electrons. The van der Waals surface area contributed by atoms with Crippen molar-refractivity contribution in [2.24, 2.45) is 11.7 Å². The third-order valence-corrected chi connectivity index (χ3v) is 5.05. The van der Waals surface area contributed by atoms with Gasteiger partial charge in [0.05, 0.1) is 0 Å². The topological polar surface area (TPSA) is 32.5 Å². The summed E-state index contributed by atoms with van der Waals surface area (Å²) in [5.41, 5.74) is 7.51. The van der Waals surface area contributed by atoms with Gasteiger partial charge in [0.25, 0.3) is 0 Å². The lowest BCUT2D eigenvalue weighted by Crippen LogP contribution is -2.42. The van der Waals surface area contributed by atoms with Gasteiger partial charge in [-0.25, -0.2) is 0 Å². The summed E-state index contributed by atoms with van der Waals surface area (Å²) >= 11 is 0. The number of hydrogen-bond acceptors (Lipinski definition) is 3. The minimum Gasteiger partial charge on any atom is -0.329 e. The number of nitrogens with zero attached hydrogens (tertiary/aromatic N) is 2. The highest BCUT2D eigenvalue weighted by Crippen LogP contribution is 2.27. The Hall–Kier alpha value is -0.900. The van der Waals surface area contributed by atoms with Gasteiger partial charge in [-0.2, -0.15) is 0 Å². The van der Waals surface area contributed by atoms with Crippen molar-refractivity contribution in [3.05, 3.63) is 35.9 Å². The number of nitrogens with two attached hydrogens (primary N) is 1. The van der Waals surface area contributed by atoms with Crippen molar-refractivity contribution in [3.63, 3.8) is 0 Å². The first-order valence-electron chi connectivity index (χ1n) is 8.18. The van der Waals surface area contributed by atoms with Crippen LogP contribution in [0.1, 0.15) is 31.7 Å². The van der Waals surface area contributed by atoms with Crippen LogP contribution in [0.15, 0.2) is 30.3 Å². The molecule has 1 saturated heterocycles.